The van der Waals surface area contributed by atoms with Crippen LogP contribution in [-0.4, -0.2) is 7.11 Å². The Morgan fingerprint density at radius 3 is 2.68 bits per heavy atom. The van der Waals surface area contributed by atoms with Gasteiger partial charge in [-0.05, 0) is 42.7 Å². The lowest BCUT2D eigenvalue weighted by molar-refractivity contribution is 0.105. The SMILES string of the molecule is COC1CCc2c(Oc3ccc(C#N)cc3C#N)cccc21. The number of hydrogen-bond donors (Lipinski definition) is 0. The van der Waals surface area contributed by atoms with Crippen LogP contribution in [0.15, 0.2) is 36.4 Å². The van der Waals surface area contributed by atoms with Gasteiger partial charge in [0.05, 0.1) is 23.3 Å². The molecule has 0 heterocycles. The average molecular weight is 290 g/mol. The third-order valence-electron chi connectivity index (χ3n) is 3.91. The van der Waals surface area contributed by atoms with Gasteiger partial charge in [-0.15, -0.1) is 0 Å². The highest BCUT2D eigenvalue weighted by Gasteiger charge is 2.25. The highest BCUT2D eigenvalue weighted by Crippen LogP contribution is 2.40. The van der Waals surface area contributed by atoms with Gasteiger partial charge in [-0.3, -0.25) is 0 Å². The zero-order chi connectivity index (χ0) is 15.5. The maximum Gasteiger partial charge on any atom is 0.145 e. The van der Waals surface area contributed by atoms with Crippen LogP contribution in [0.5, 0.6) is 11.5 Å². The lowest BCUT2D eigenvalue weighted by Crippen LogP contribution is -1.96. The Kier molecular flexibility index (Phi) is 3.78. The number of nitrogens with zero attached hydrogens (tertiary/aromatic N) is 2. The first-order valence-corrected chi connectivity index (χ1v) is 7.03. The molecule has 3 rings (SSSR count). The fourth-order valence-electron chi connectivity index (χ4n) is 2.82. The molecule has 108 valence electrons. The molecule has 0 saturated heterocycles. The number of ether oxygens (including phenoxy) is 2. The zero-order valence-electron chi connectivity index (χ0n) is 12.2. The van der Waals surface area contributed by atoms with E-state index in [1.54, 1.807) is 19.2 Å². The summed E-state index contributed by atoms with van der Waals surface area (Å²) in [6, 6.07) is 14.8. The minimum absolute atomic E-state index is 0.106. The molecular weight excluding hydrogens is 276 g/mol. The molecule has 4 heteroatoms. The van der Waals surface area contributed by atoms with Crippen LogP contribution in [-0.2, 0) is 11.2 Å². The van der Waals surface area contributed by atoms with Gasteiger partial charge in [0, 0.05) is 12.7 Å². The van der Waals surface area contributed by atoms with E-state index in [4.69, 9.17) is 14.7 Å². The Morgan fingerprint density at radius 1 is 1.09 bits per heavy atom. The van der Waals surface area contributed by atoms with Gasteiger partial charge >= 0.3 is 0 Å². The third-order valence-corrected chi connectivity index (χ3v) is 3.91. The Labute approximate surface area is 129 Å². The van der Waals surface area contributed by atoms with Crippen LogP contribution in [0.25, 0.3) is 0 Å². The Bertz CT molecular complexity index is 800. The number of nitriles is 2. The number of rotatable bonds is 3. The lowest BCUT2D eigenvalue weighted by Gasteiger charge is -2.13. The fraction of sp³-hybridized carbons (Fsp3) is 0.222. The van der Waals surface area contributed by atoms with Gasteiger partial charge in [0.2, 0.25) is 0 Å². The normalized spacial score (nSPS) is 15.7. The van der Waals surface area contributed by atoms with Crippen LogP contribution < -0.4 is 4.74 Å². The van der Waals surface area contributed by atoms with Crippen LogP contribution in [0.2, 0.25) is 0 Å². The van der Waals surface area contributed by atoms with Crippen LogP contribution in [0, 0.1) is 22.7 Å². The van der Waals surface area contributed by atoms with E-state index < -0.39 is 0 Å². The number of benzene rings is 2. The van der Waals surface area contributed by atoms with Crippen molar-refractivity contribution in [2.24, 2.45) is 0 Å². The topological polar surface area (TPSA) is 66.0 Å². The summed E-state index contributed by atoms with van der Waals surface area (Å²) in [5.41, 5.74) is 3.08. The Balaban J connectivity index is 1.98. The van der Waals surface area contributed by atoms with E-state index >= 15 is 0 Å². The number of fused-ring (bicyclic) bond motifs is 1. The molecule has 0 amide bonds. The van der Waals surface area contributed by atoms with Crippen LogP contribution in [0.3, 0.4) is 0 Å². The second-order valence-electron chi connectivity index (χ2n) is 5.12. The van der Waals surface area contributed by atoms with E-state index in [9.17, 15) is 5.26 Å². The Morgan fingerprint density at radius 2 is 1.95 bits per heavy atom. The van der Waals surface area contributed by atoms with Gasteiger partial charge in [0.1, 0.15) is 17.6 Å². The van der Waals surface area contributed by atoms with Gasteiger partial charge in [-0.25, -0.2) is 0 Å². The van der Waals surface area contributed by atoms with Crippen LogP contribution in [0.4, 0.5) is 0 Å². The average Bonchev–Trinajstić information content (AvgIpc) is 2.99. The molecule has 1 aliphatic carbocycles. The predicted molar refractivity (Wildman–Crippen MR) is 80.5 cm³/mol. The standard InChI is InChI=1S/C18H14N2O2/c1-21-17-8-6-15-14(17)3-2-4-18(15)22-16-7-5-12(10-19)9-13(16)11-20/h2-5,7,9,17H,6,8H2,1H3. The summed E-state index contributed by atoms with van der Waals surface area (Å²) in [6.07, 6.45) is 1.93. The summed E-state index contributed by atoms with van der Waals surface area (Å²) < 4.78 is 11.4. The van der Waals surface area contributed by atoms with Crippen molar-refractivity contribution in [2.75, 3.05) is 7.11 Å². The maximum atomic E-state index is 9.23. The largest absolute Gasteiger partial charge is 0.456 e. The van der Waals surface area contributed by atoms with Crippen LogP contribution >= 0.6 is 0 Å². The molecule has 0 N–H and O–H groups in total. The second-order valence-corrected chi connectivity index (χ2v) is 5.12. The summed E-state index contributed by atoms with van der Waals surface area (Å²) in [4.78, 5) is 0. The fourth-order valence-corrected chi connectivity index (χ4v) is 2.82. The molecule has 4 nitrogen and oxygen atoms in total. The molecule has 2 aromatic carbocycles. The minimum atomic E-state index is 0.106. The highest BCUT2D eigenvalue weighted by atomic mass is 16.5. The van der Waals surface area contributed by atoms with E-state index in [1.807, 2.05) is 24.3 Å². The maximum absolute atomic E-state index is 9.23. The van der Waals surface area contributed by atoms with E-state index in [2.05, 4.69) is 6.07 Å². The summed E-state index contributed by atoms with van der Waals surface area (Å²) in [7, 11) is 1.71. The summed E-state index contributed by atoms with van der Waals surface area (Å²) in [5, 5.41) is 18.1. The smallest absolute Gasteiger partial charge is 0.145 e. The summed E-state index contributed by atoms with van der Waals surface area (Å²) >= 11 is 0. The molecule has 0 saturated carbocycles. The van der Waals surface area contributed by atoms with Gasteiger partial charge in [-0.2, -0.15) is 10.5 Å². The van der Waals surface area contributed by atoms with E-state index in [0.29, 0.717) is 16.9 Å². The third kappa shape index (κ3) is 2.41. The van der Waals surface area contributed by atoms with E-state index in [-0.39, 0.29) is 6.10 Å². The number of methoxy groups -OCH3 is 1. The molecule has 0 aromatic heterocycles. The molecule has 2 aromatic rings. The molecule has 22 heavy (non-hydrogen) atoms. The predicted octanol–water partition coefficient (Wildman–Crippen LogP) is 3.86. The lowest BCUT2D eigenvalue weighted by atomic mass is 10.1. The second kappa shape index (κ2) is 5.89. The van der Waals surface area contributed by atoms with Gasteiger partial charge in [-0.1, -0.05) is 12.1 Å². The van der Waals surface area contributed by atoms with Crippen molar-refractivity contribution >= 4 is 0 Å². The molecule has 0 bridgehead atoms. The van der Waals surface area contributed by atoms with Crippen LogP contribution in [0.1, 0.15) is 34.8 Å². The zero-order valence-corrected chi connectivity index (χ0v) is 12.2. The molecule has 0 spiro atoms. The Hall–Kier alpha value is -2.82. The summed E-state index contributed by atoms with van der Waals surface area (Å²) in [5.74, 6) is 1.22. The van der Waals surface area contributed by atoms with Crippen molar-refractivity contribution in [2.45, 2.75) is 18.9 Å². The molecule has 1 unspecified atom stereocenters. The molecule has 1 aliphatic rings. The molecular formula is C18H14N2O2. The van der Waals surface area contributed by atoms with Crippen molar-refractivity contribution in [3.8, 4) is 23.6 Å². The highest BCUT2D eigenvalue weighted by molar-refractivity contribution is 5.52. The summed E-state index contributed by atoms with van der Waals surface area (Å²) in [6.45, 7) is 0. The van der Waals surface area contributed by atoms with Crippen molar-refractivity contribution in [3.63, 3.8) is 0 Å². The molecule has 1 atom stereocenters. The van der Waals surface area contributed by atoms with Crippen molar-refractivity contribution in [3.05, 3.63) is 58.7 Å². The minimum Gasteiger partial charge on any atom is -0.456 e. The van der Waals surface area contributed by atoms with Crippen molar-refractivity contribution < 1.29 is 9.47 Å². The first-order valence-electron chi connectivity index (χ1n) is 7.03. The molecule has 0 aliphatic heterocycles. The van der Waals surface area contributed by atoms with Gasteiger partial charge in [0.15, 0.2) is 0 Å². The van der Waals surface area contributed by atoms with Crippen molar-refractivity contribution in [1.82, 2.24) is 0 Å². The quantitative estimate of drug-likeness (QED) is 0.861. The molecule has 0 radical (unpaired) electrons. The van der Waals surface area contributed by atoms with Gasteiger partial charge in [0.25, 0.3) is 0 Å². The first-order chi connectivity index (χ1) is 10.8. The van der Waals surface area contributed by atoms with E-state index in [0.717, 1.165) is 29.7 Å². The first kappa shape index (κ1) is 14.1. The molecule has 0 fully saturated rings. The van der Waals surface area contributed by atoms with Crippen molar-refractivity contribution in [1.29, 1.82) is 10.5 Å². The van der Waals surface area contributed by atoms with Gasteiger partial charge < -0.3 is 9.47 Å². The number of hydrogen-bond acceptors (Lipinski definition) is 4. The monoisotopic (exact) mass is 290 g/mol. The van der Waals surface area contributed by atoms with E-state index in [1.165, 1.54) is 6.07 Å².